The first kappa shape index (κ1) is 18.2. The average molecular weight is 306 g/mol. The molecule has 0 bridgehead atoms. The molecule has 5 heteroatoms. The van der Waals surface area contributed by atoms with Crippen molar-refractivity contribution >= 4 is 11.8 Å². The zero-order valence-corrected chi connectivity index (χ0v) is 13.5. The summed E-state index contributed by atoms with van der Waals surface area (Å²) in [4.78, 5) is 24.8. The largest absolute Gasteiger partial charge is 0.383 e. The highest BCUT2D eigenvalue weighted by Crippen LogP contribution is 2.01. The van der Waals surface area contributed by atoms with Gasteiger partial charge in [-0.25, -0.2) is 0 Å². The highest BCUT2D eigenvalue weighted by molar-refractivity contribution is 5.77. The van der Waals surface area contributed by atoms with Crippen LogP contribution in [0.3, 0.4) is 0 Å². The Morgan fingerprint density at radius 1 is 1.18 bits per heavy atom. The monoisotopic (exact) mass is 306 g/mol. The van der Waals surface area contributed by atoms with Crippen molar-refractivity contribution in [3.8, 4) is 0 Å². The summed E-state index contributed by atoms with van der Waals surface area (Å²) >= 11 is 0. The number of hydrogen-bond donors (Lipinski definition) is 1. The van der Waals surface area contributed by atoms with Crippen LogP contribution < -0.4 is 5.32 Å². The van der Waals surface area contributed by atoms with E-state index in [0.717, 1.165) is 12.8 Å². The van der Waals surface area contributed by atoms with E-state index in [1.54, 1.807) is 12.0 Å². The maximum Gasteiger partial charge on any atom is 0.221 e. The number of hydrogen-bond acceptors (Lipinski definition) is 3. The van der Waals surface area contributed by atoms with E-state index in [4.69, 9.17) is 4.74 Å². The standard InChI is InChI=1S/C17H26N2O3/c1-15(20)19(13-14-22-2)12-10-17(21)18-11-6-9-16-7-4-3-5-8-16/h3-5,7-8H,6,9-14H2,1-2H3,(H,18,21). The number of rotatable bonds is 10. The molecule has 1 aromatic carbocycles. The first-order chi connectivity index (χ1) is 10.6. The lowest BCUT2D eigenvalue weighted by Gasteiger charge is -2.20. The second kappa shape index (κ2) is 10.8. The lowest BCUT2D eigenvalue weighted by molar-refractivity contribution is -0.130. The minimum Gasteiger partial charge on any atom is -0.383 e. The summed E-state index contributed by atoms with van der Waals surface area (Å²) < 4.78 is 4.96. The number of aryl methyl sites for hydroxylation is 1. The average Bonchev–Trinajstić information content (AvgIpc) is 2.52. The number of amides is 2. The molecule has 0 aliphatic carbocycles. The normalized spacial score (nSPS) is 10.3. The molecule has 1 rings (SSSR count). The van der Waals surface area contributed by atoms with Crippen molar-refractivity contribution < 1.29 is 14.3 Å². The van der Waals surface area contributed by atoms with Crippen LogP contribution in [0, 0.1) is 0 Å². The van der Waals surface area contributed by atoms with Gasteiger partial charge in [-0.3, -0.25) is 9.59 Å². The molecule has 1 aromatic rings. The van der Waals surface area contributed by atoms with Crippen molar-refractivity contribution in [1.29, 1.82) is 0 Å². The first-order valence-electron chi connectivity index (χ1n) is 7.68. The molecule has 0 heterocycles. The van der Waals surface area contributed by atoms with Crippen molar-refractivity contribution in [3.63, 3.8) is 0 Å². The third-order valence-electron chi connectivity index (χ3n) is 3.43. The van der Waals surface area contributed by atoms with Crippen molar-refractivity contribution in [2.45, 2.75) is 26.2 Å². The molecule has 0 atom stereocenters. The van der Waals surface area contributed by atoms with Crippen LogP contribution in [0.4, 0.5) is 0 Å². The van der Waals surface area contributed by atoms with E-state index in [-0.39, 0.29) is 11.8 Å². The lowest BCUT2D eigenvalue weighted by atomic mass is 10.1. The molecule has 2 amide bonds. The highest BCUT2D eigenvalue weighted by atomic mass is 16.5. The maximum absolute atomic E-state index is 11.8. The summed E-state index contributed by atoms with van der Waals surface area (Å²) in [5.41, 5.74) is 1.28. The summed E-state index contributed by atoms with van der Waals surface area (Å²) in [7, 11) is 1.60. The topological polar surface area (TPSA) is 58.6 Å². The number of carbonyl (C=O) groups excluding carboxylic acids is 2. The van der Waals surface area contributed by atoms with Gasteiger partial charge >= 0.3 is 0 Å². The summed E-state index contributed by atoms with van der Waals surface area (Å²) in [5.74, 6) is -0.0503. The molecule has 0 fully saturated rings. The number of benzene rings is 1. The van der Waals surface area contributed by atoms with E-state index in [0.29, 0.717) is 32.7 Å². The van der Waals surface area contributed by atoms with Crippen LogP contribution in [0.2, 0.25) is 0 Å². The van der Waals surface area contributed by atoms with Crippen molar-refractivity contribution in [2.75, 3.05) is 33.4 Å². The predicted octanol–water partition coefficient (Wildman–Crippen LogP) is 1.62. The minimum absolute atomic E-state index is 0.0169. The fraction of sp³-hybridized carbons (Fsp3) is 0.529. The van der Waals surface area contributed by atoms with Gasteiger partial charge < -0.3 is 15.0 Å². The van der Waals surface area contributed by atoms with Gasteiger partial charge in [0.1, 0.15) is 0 Å². The van der Waals surface area contributed by atoms with E-state index in [2.05, 4.69) is 17.4 Å². The molecule has 0 unspecified atom stereocenters. The van der Waals surface area contributed by atoms with Gasteiger partial charge in [0.2, 0.25) is 11.8 Å². The summed E-state index contributed by atoms with van der Waals surface area (Å²) in [6.07, 6.45) is 2.19. The number of carbonyl (C=O) groups is 2. The zero-order valence-electron chi connectivity index (χ0n) is 13.5. The SMILES string of the molecule is COCCN(CCC(=O)NCCCc1ccccc1)C(C)=O. The predicted molar refractivity (Wildman–Crippen MR) is 86.5 cm³/mol. The van der Waals surface area contributed by atoms with Gasteiger partial charge in [-0.05, 0) is 18.4 Å². The number of nitrogens with one attached hydrogen (secondary N) is 1. The summed E-state index contributed by atoms with van der Waals surface area (Å²) in [6, 6.07) is 10.2. The van der Waals surface area contributed by atoms with Gasteiger partial charge in [-0.2, -0.15) is 0 Å². The molecule has 0 saturated carbocycles. The zero-order chi connectivity index (χ0) is 16.2. The Morgan fingerprint density at radius 2 is 1.91 bits per heavy atom. The van der Waals surface area contributed by atoms with Gasteiger partial charge in [-0.15, -0.1) is 0 Å². The van der Waals surface area contributed by atoms with Crippen molar-refractivity contribution in [3.05, 3.63) is 35.9 Å². The van der Waals surface area contributed by atoms with Gasteiger partial charge in [-0.1, -0.05) is 30.3 Å². The third-order valence-corrected chi connectivity index (χ3v) is 3.43. The Hall–Kier alpha value is -1.88. The molecule has 0 aromatic heterocycles. The fourth-order valence-corrected chi connectivity index (χ4v) is 2.12. The van der Waals surface area contributed by atoms with E-state index in [1.807, 2.05) is 18.2 Å². The Bertz CT molecular complexity index is 448. The van der Waals surface area contributed by atoms with Gasteiger partial charge in [0.25, 0.3) is 0 Å². The molecule has 0 spiro atoms. The van der Waals surface area contributed by atoms with Crippen LogP contribution >= 0.6 is 0 Å². The van der Waals surface area contributed by atoms with Crippen molar-refractivity contribution in [1.82, 2.24) is 10.2 Å². The van der Waals surface area contributed by atoms with Crippen LogP contribution in [0.1, 0.15) is 25.3 Å². The molecule has 0 radical (unpaired) electrons. The first-order valence-corrected chi connectivity index (χ1v) is 7.68. The van der Waals surface area contributed by atoms with Crippen LogP contribution in [-0.4, -0.2) is 50.1 Å². The van der Waals surface area contributed by atoms with Gasteiger partial charge in [0.15, 0.2) is 0 Å². The molecule has 1 N–H and O–H groups in total. The Kier molecular flexibility index (Phi) is 8.91. The quantitative estimate of drug-likeness (QED) is 0.668. The fourth-order valence-electron chi connectivity index (χ4n) is 2.12. The van der Waals surface area contributed by atoms with E-state index in [1.165, 1.54) is 12.5 Å². The van der Waals surface area contributed by atoms with E-state index in [9.17, 15) is 9.59 Å². The van der Waals surface area contributed by atoms with E-state index < -0.39 is 0 Å². The van der Waals surface area contributed by atoms with Crippen LogP contribution in [0.5, 0.6) is 0 Å². The molecule has 0 aliphatic heterocycles. The number of nitrogens with zero attached hydrogens (tertiary/aromatic N) is 1. The molecule has 0 aliphatic rings. The van der Waals surface area contributed by atoms with Crippen LogP contribution in [0.15, 0.2) is 30.3 Å². The smallest absolute Gasteiger partial charge is 0.221 e. The third kappa shape index (κ3) is 7.78. The van der Waals surface area contributed by atoms with Gasteiger partial charge in [0, 0.05) is 40.1 Å². The molecular formula is C17H26N2O3. The van der Waals surface area contributed by atoms with Crippen LogP contribution in [-0.2, 0) is 20.7 Å². The summed E-state index contributed by atoms with van der Waals surface area (Å²) in [5, 5.41) is 2.90. The van der Waals surface area contributed by atoms with Crippen LogP contribution in [0.25, 0.3) is 0 Å². The second-order valence-electron chi connectivity index (χ2n) is 5.19. The summed E-state index contributed by atoms with van der Waals surface area (Å²) in [6.45, 7) is 3.61. The van der Waals surface area contributed by atoms with E-state index >= 15 is 0 Å². The molecule has 22 heavy (non-hydrogen) atoms. The number of ether oxygens (including phenoxy) is 1. The molecule has 0 saturated heterocycles. The Balaban J connectivity index is 2.15. The highest BCUT2D eigenvalue weighted by Gasteiger charge is 2.10. The lowest BCUT2D eigenvalue weighted by Crippen LogP contribution is -2.36. The Morgan fingerprint density at radius 3 is 2.55 bits per heavy atom. The molecular weight excluding hydrogens is 280 g/mol. The minimum atomic E-state index is -0.0334. The van der Waals surface area contributed by atoms with Gasteiger partial charge in [0.05, 0.1) is 6.61 Å². The Labute approximate surface area is 132 Å². The van der Waals surface area contributed by atoms with Crippen molar-refractivity contribution in [2.24, 2.45) is 0 Å². The second-order valence-corrected chi connectivity index (χ2v) is 5.19. The number of methoxy groups -OCH3 is 1. The molecule has 122 valence electrons. The maximum atomic E-state index is 11.8. The molecule has 5 nitrogen and oxygen atoms in total.